The summed E-state index contributed by atoms with van der Waals surface area (Å²) in [6, 6.07) is 7.65. The molecule has 0 radical (unpaired) electrons. The zero-order chi connectivity index (χ0) is 13.9. The van der Waals surface area contributed by atoms with Gasteiger partial charge in [0.15, 0.2) is 5.78 Å². The molecule has 1 aromatic heterocycles. The predicted molar refractivity (Wildman–Crippen MR) is 77.0 cm³/mol. The van der Waals surface area contributed by atoms with Crippen molar-refractivity contribution in [1.82, 2.24) is 4.90 Å². The molecule has 106 valence electrons. The Labute approximate surface area is 118 Å². The molecule has 1 fully saturated rings. The number of ketones is 1. The van der Waals surface area contributed by atoms with E-state index in [-0.39, 0.29) is 11.9 Å². The van der Waals surface area contributed by atoms with Crippen molar-refractivity contribution < 1.29 is 13.9 Å². The maximum atomic E-state index is 12.5. The number of para-hydroxylation sites is 1. The Morgan fingerprint density at radius 2 is 2.25 bits per heavy atom. The van der Waals surface area contributed by atoms with Crippen LogP contribution in [0.4, 0.5) is 0 Å². The van der Waals surface area contributed by atoms with E-state index in [2.05, 4.69) is 11.8 Å². The first kappa shape index (κ1) is 13.3. The molecule has 1 aliphatic rings. The van der Waals surface area contributed by atoms with Crippen LogP contribution in [0, 0.1) is 0 Å². The lowest BCUT2D eigenvalue weighted by atomic mass is 10.1. The molecule has 4 nitrogen and oxygen atoms in total. The van der Waals surface area contributed by atoms with Gasteiger partial charge in [-0.15, -0.1) is 0 Å². The van der Waals surface area contributed by atoms with Crippen LogP contribution in [0.5, 0.6) is 0 Å². The molecular formula is C16H19NO3. The number of carbonyl (C=O) groups excluding carboxylic acids is 1. The summed E-state index contributed by atoms with van der Waals surface area (Å²) in [4.78, 5) is 14.6. The predicted octanol–water partition coefficient (Wildman–Crippen LogP) is 2.73. The van der Waals surface area contributed by atoms with Gasteiger partial charge in [0.05, 0.1) is 18.2 Å². The lowest BCUT2D eigenvalue weighted by Gasteiger charge is -2.20. The van der Waals surface area contributed by atoms with Gasteiger partial charge in [0, 0.05) is 25.1 Å². The van der Waals surface area contributed by atoms with Crippen LogP contribution in [0.3, 0.4) is 0 Å². The monoisotopic (exact) mass is 273 g/mol. The summed E-state index contributed by atoms with van der Waals surface area (Å²) in [6.45, 7) is 4.97. The molecule has 1 aliphatic heterocycles. The van der Waals surface area contributed by atoms with Gasteiger partial charge in [0.25, 0.3) is 0 Å². The zero-order valence-corrected chi connectivity index (χ0v) is 11.7. The lowest BCUT2D eigenvalue weighted by molar-refractivity contribution is 0.0657. The van der Waals surface area contributed by atoms with Crippen molar-refractivity contribution in [3.05, 3.63) is 36.1 Å². The Morgan fingerprint density at radius 1 is 1.40 bits per heavy atom. The van der Waals surface area contributed by atoms with Crippen molar-refractivity contribution >= 4 is 16.8 Å². The normalized spacial score (nSPS) is 20.9. The third kappa shape index (κ3) is 2.76. The van der Waals surface area contributed by atoms with Crippen molar-refractivity contribution in [2.45, 2.75) is 19.4 Å². The SMILES string of the molecule is CC1CN(CC(=O)c2coc3ccccc23)CCCO1. The van der Waals surface area contributed by atoms with E-state index in [0.29, 0.717) is 12.1 Å². The van der Waals surface area contributed by atoms with E-state index < -0.39 is 0 Å². The number of ether oxygens (including phenoxy) is 1. The van der Waals surface area contributed by atoms with Gasteiger partial charge in [-0.2, -0.15) is 0 Å². The van der Waals surface area contributed by atoms with E-state index in [4.69, 9.17) is 9.15 Å². The number of benzene rings is 1. The van der Waals surface area contributed by atoms with Gasteiger partial charge in [-0.05, 0) is 19.4 Å². The lowest BCUT2D eigenvalue weighted by Crippen LogP contribution is -2.34. The summed E-state index contributed by atoms with van der Waals surface area (Å²) in [6.07, 6.45) is 2.74. The van der Waals surface area contributed by atoms with E-state index in [1.165, 1.54) is 0 Å². The number of hydrogen-bond acceptors (Lipinski definition) is 4. The highest BCUT2D eigenvalue weighted by Crippen LogP contribution is 2.21. The topological polar surface area (TPSA) is 42.7 Å². The molecule has 0 N–H and O–H groups in total. The Hall–Kier alpha value is -1.65. The molecular weight excluding hydrogens is 254 g/mol. The number of Topliss-reactive ketones (excluding diaryl/α,β-unsaturated/α-hetero) is 1. The summed E-state index contributed by atoms with van der Waals surface area (Å²) in [5, 5.41) is 0.900. The van der Waals surface area contributed by atoms with Crippen molar-refractivity contribution in [2.24, 2.45) is 0 Å². The fourth-order valence-electron chi connectivity index (χ4n) is 2.71. The number of rotatable bonds is 3. The maximum absolute atomic E-state index is 12.5. The Kier molecular flexibility index (Phi) is 3.85. The molecule has 2 aromatic rings. The minimum atomic E-state index is 0.115. The smallest absolute Gasteiger partial charge is 0.180 e. The summed E-state index contributed by atoms with van der Waals surface area (Å²) in [5.41, 5.74) is 1.45. The minimum Gasteiger partial charge on any atom is -0.464 e. The van der Waals surface area contributed by atoms with Gasteiger partial charge in [-0.25, -0.2) is 0 Å². The third-order valence-corrected chi connectivity index (χ3v) is 3.68. The van der Waals surface area contributed by atoms with E-state index in [1.807, 2.05) is 24.3 Å². The van der Waals surface area contributed by atoms with E-state index in [0.717, 1.165) is 37.1 Å². The van der Waals surface area contributed by atoms with Gasteiger partial charge in [-0.3, -0.25) is 9.69 Å². The maximum Gasteiger partial charge on any atom is 0.180 e. The molecule has 1 saturated heterocycles. The van der Waals surface area contributed by atoms with Gasteiger partial charge < -0.3 is 9.15 Å². The molecule has 0 aliphatic carbocycles. The molecule has 1 unspecified atom stereocenters. The standard InChI is InChI=1S/C16H19NO3/c1-12-9-17(7-4-8-19-12)10-15(18)14-11-20-16-6-3-2-5-13(14)16/h2-3,5-6,11-12H,4,7-10H2,1H3. The summed E-state index contributed by atoms with van der Waals surface area (Å²) in [5.74, 6) is 0.115. The summed E-state index contributed by atoms with van der Waals surface area (Å²) < 4.78 is 11.0. The van der Waals surface area contributed by atoms with Crippen molar-refractivity contribution in [2.75, 3.05) is 26.2 Å². The fourth-order valence-corrected chi connectivity index (χ4v) is 2.71. The van der Waals surface area contributed by atoms with Gasteiger partial charge in [0.2, 0.25) is 0 Å². The van der Waals surface area contributed by atoms with E-state index >= 15 is 0 Å². The number of furan rings is 1. The molecule has 20 heavy (non-hydrogen) atoms. The zero-order valence-electron chi connectivity index (χ0n) is 11.7. The Bertz CT molecular complexity index is 605. The number of nitrogens with zero attached hydrogens (tertiary/aromatic N) is 1. The Morgan fingerprint density at radius 3 is 3.15 bits per heavy atom. The second-order valence-corrected chi connectivity index (χ2v) is 5.34. The van der Waals surface area contributed by atoms with E-state index in [9.17, 15) is 4.79 Å². The highest BCUT2D eigenvalue weighted by Gasteiger charge is 2.20. The van der Waals surface area contributed by atoms with Crippen LogP contribution in [0.15, 0.2) is 34.9 Å². The van der Waals surface area contributed by atoms with E-state index in [1.54, 1.807) is 6.26 Å². The number of fused-ring (bicyclic) bond motifs is 1. The minimum absolute atomic E-state index is 0.115. The highest BCUT2D eigenvalue weighted by atomic mass is 16.5. The van der Waals surface area contributed by atoms with Crippen LogP contribution in [-0.4, -0.2) is 43.0 Å². The molecule has 0 bridgehead atoms. The largest absolute Gasteiger partial charge is 0.464 e. The van der Waals surface area contributed by atoms with Crippen LogP contribution in [0.2, 0.25) is 0 Å². The Balaban J connectivity index is 1.75. The third-order valence-electron chi connectivity index (χ3n) is 3.68. The molecule has 1 atom stereocenters. The van der Waals surface area contributed by atoms with Crippen molar-refractivity contribution in [1.29, 1.82) is 0 Å². The second kappa shape index (κ2) is 5.77. The molecule has 0 spiro atoms. The van der Waals surface area contributed by atoms with Crippen molar-refractivity contribution in [3.63, 3.8) is 0 Å². The second-order valence-electron chi connectivity index (χ2n) is 5.34. The molecule has 4 heteroatoms. The first-order chi connectivity index (χ1) is 9.74. The van der Waals surface area contributed by atoms with Crippen LogP contribution >= 0.6 is 0 Å². The van der Waals surface area contributed by atoms with Gasteiger partial charge in [0.1, 0.15) is 11.8 Å². The molecule has 1 aromatic carbocycles. The molecule has 2 heterocycles. The molecule has 3 rings (SSSR count). The van der Waals surface area contributed by atoms with Gasteiger partial charge >= 0.3 is 0 Å². The van der Waals surface area contributed by atoms with Crippen LogP contribution in [-0.2, 0) is 4.74 Å². The average molecular weight is 273 g/mol. The molecule has 0 amide bonds. The summed E-state index contributed by atoms with van der Waals surface area (Å²) >= 11 is 0. The van der Waals surface area contributed by atoms with Gasteiger partial charge in [-0.1, -0.05) is 18.2 Å². The number of carbonyl (C=O) groups is 1. The van der Waals surface area contributed by atoms with Crippen molar-refractivity contribution in [3.8, 4) is 0 Å². The first-order valence-corrected chi connectivity index (χ1v) is 7.07. The van der Waals surface area contributed by atoms with Crippen LogP contribution in [0.1, 0.15) is 23.7 Å². The number of hydrogen-bond donors (Lipinski definition) is 0. The van der Waals surface area contributed by atoms with Crippen LogP contribution < -0.4 is 0 Å². The quantitative estimate of drug-likeness (QED) is 0.806. The summed E-state index contributed by atoms with van der Waals surface area (Å²) in [7, 11) is 0. The average Bonchev–Trinajstić information content (AvgIpc) is 2.77. The van der Waals surface area contributed by atoms with Crippen LogP contribution in [0.25, 0.3) is 11.0 Å². The first-order valence-electron chi connectivity index (χ1n) is 7.07. The highest BCUT2D eigenvalue weighted by molar-refractivity contribution is 6.08. The molecule has 0 saturated carbocycles. The fraction of sp³-hybridized carbons (Fsp3) is 0.438.